The Hall–Kier alpha value is -3.02. The molecular formula is C16H15N3O3. The van der Waals surface area contributed by atoms with E-state index < -0.39 is 5.97 Å². The summed E-state index contributed by atoms with van der Waals surface area (Å²) in [5.41, 5.74) is 14.2. The van der Waals surface area contributed by atoms with Gasteiger partial charge in [0.15, 0.2) is 0 Å². The summed E-state index contributed by atoms with van der Waals surface area (Å²) in [5, 5.41) is 10.4. The number of aromatic nitrogens is 1. The van der Waals surface area contributed by atoms with Crippen LogP contribution in [0, 0.1) is 0 Å². The van der Waals surface area contributed by atoms with E-state index in [4.69, 9.17) is 16.6 Å². The lowest BCUT2D eigenvalue weighted by atomic mass is 10.1. The summed E-state index contributed by atoms with van der Waals surface area (Å²) in [4.78, 5) is 23.1. The number of nitrogens with two attached hydrogens (primary N) is 2. The van der Waals surface area contributed by atoms with Crippen LogP contribution in [0.25, 0.3) is 21.8 Å². The topological polar surface area (TPSA) is 111 Å². The normalized spacial score (nSPS) is 11.1. The summed E-state index contributed by atoms with van der Waals surface area (Å²) >= 11 is 0. The van der Waals surface area contributed by atoms with Gasteiger partial charge in [0.2, 0.25) is 5.91 Å². The van der Waals surface area contributed by atoms with Gasteiger partial charge in [-0.05, 0) is 36.4 Å². The van der Waals surface area contributed by atoms with Crippen LogP contribution in [0.5, 0.6) is 0 Å². The number of nitrogens with zero attached hydrogens (tertiary/aromatic N) is 1. The second-order valence-electron chi connectivity index (χ2n) is 5.18. The monoisotopic (exact) mass is 297 g/mol. The van der Waals surface area contributed by atoms with Crippen molar-refractivity contribution in [1.82, 2.24) is 4.57 Å². The van der Waals surface area contributed by atoms with Gasteiger partial charge in [-0.1, -0.05) is 0 Å². The second kappa shape index (κ2) is 5.07. The van der Waals surface area contributed by atoms with Crippen LogP contribution in [0.15, 0.2) is 36.4 Å². The van der Waals surface area contributed by atoms with Crippen molar-refractivity contribution in [3.05, 3.63) is 36.4 Å². The molecule has 22 heavy (non-hydrogen) atoms. The molecule has 0 spiro atoms. The number of carbonyl (C=O) groups is 2. The molecule has 0 atom stereocenters. The first-order valence-electron chi connectivity index (χ1n) is 6.81. The van der Waals surface area contributed by atoms with Gasteiger partial charge < -0.3 is 16.6 Å². The third-order valence-corrected chi connectivity index (χ3v) is 3.62. The smallest absolute Gasteiger partial charge is 0.303 e. The predicted molar refractivity (Wildman–Crippen MR) is 85.8 cm³/mol. The number of carboxylic acid groups (broad SMARTS) is 1. The summed E-state index contributed by atoms with van der Waals surface area (Å²) in [6.45, 7) is 0. The minimum Gasteiger partial charge on any atom is -0.481 e. The van der Waals surface area contributed by atoms with Crippen molar-refractivity contribution in [2.75, 3.05) is 11.5 Å². The number of hydrogen-bond acceptors (Lipinski definition) is 4. The summed E-state index contributed by atoms with van der Waals surface area (Å²) in [5.74, 6) is -1.26. The van der Waals surface area contributed by atoms with Crippen molar-refractivity contribution >= 4 is 45.1 Å². The minimum absolute atomic E-state index is 0.0665. The number of hydrogen-bond donors (Lipinski definition) is 3. The Morgan fingerprint density at radius 1 is 0.909 bits per heavy atom. The SMILES string of the molecule is Nc1ccc2c(c1)c1cc(N)ccc1n2C(=O)CCC(=O)O. The van der Waals surface area contributed by atoms with Crippen molar-refractivity contribution < 1.29 is 14.7 Å². The summed E-state index contributed by atoms with van der Waals surface area (Å²) < 4.78 is 1.53. The Balaban J connectivity index is 2.26. The number of nitrogen functional groups attached to an aromatic ring is 2. The lowest BCUT2D eigenvalue weighted by Crippen LogP contribution is -2.12. The second-order valence-corrected chi connectivity index (χ2v) is 5.18. The van der Waals surface area contributed by atoms with E-state index in [1.54, 1.807) is 36.4 Å². The molecule has 0 aliphatic carbocycles. The average Bonchev–Trinajstić information content (AvgIpc) is 2.78. The number of anilines is 2. The molecule has 0 saturated carbocycles. The molecular weight excluding hydrogens is 282 g/mol. The van der Waals surface area contributed by atoms with Gasteiger partial charge in [0.1, 0.15) is 0 Å². The number of carboxylic acids is 1. The highest BCUT2D eigenvalue weighted by Gasteiger charge is 2.17. The Morgan fingerprint density at radius 3 is 1.86 bits per heavy atom. The minimum atomic E-state index is -0.998. The first kappa shape index (κ1) is 13.9. The maximum Gasteiger partial charge on any atom is 0.303 e. The highest BCUT2D eigenvalue weighted by atomic mass is 16.4. The van der Waals surface area contributed by atoms with E-state index in [-0.39, 0.29) is 18.7 Å². The molecule has 0 bridgehead atoms. The van der Waals surface area contributed by atoms with Gasteiger partial charge in [0.05, 0.1) is 17.5 Å². The quantitative estimate of drug-likeness (QED) is 0.643. The third-order valence-electron chi connectivity index (χ3n) is 3.62. The first-order chi connectivity index (χ1) is 10.5. The number of rotatable bonds is 3. The Labute approximate surface area is 125 Å². The van der Waals surface area contributed by atoms with Crippen LogP contribution in [0.3, 0.4) is 0 Å². The molecule has 3 rings (SSSR count). The molecule has 112 valence electrons. The van der Waals surface area contributed by atoms with Crippen molar-refractivity contribution in [3.8, 4) is 0 Å². The Bertz CT molecular complexity index is 853. The molecule has 1 aromatic heterocycles. The maximum absolute atomic E-state index is 12.4. The van der Waals surface area contributed by atoms with E-state index in [1.807, 2.05) is 0 Å². The molecule has 0 aliphatic heterocycles. The van der Waals surface area contributed by atoms with E-state index >= 15 is 0 Å². The van der Waals surface area contributed by atoms with Crippen molar-refractivity contribution in [2.45, 2.75) is 12.8 Å². The van der Waals surface area contributed by atoms with Gasteiger partial charge in [-0.25, -0.2) is 0 Å². The summed E-state index contributed by atoms with van der Waals surface area (Å²) in [7, 11) is 0. The zero-order valence-electron chi connectivity index (χ0n) is 11.7. The van der Waals surface area contributed by atoms with Gasteiger partial charge in [-0.15, -0.1) is 0 Å². The molecule has 0 unspecified atom stereocenters. The fourth-order valence-corrected chi connectivity index (χ4v) is 2.65. The van der Waals surface area contributed by atoms with Gasteiger partial charge in [0.25, 0.3) is 0 Å². The van der Waals surface area contributed by atoms with E-state index in [2.05, 4.69) is 0 Å². The summed E-state index contributed by atoms with van der Waals surface area (Å²) in [6, 6.07) is 10.5. The molecule has 0 amide bonds. The molecule has 6 nitrogen and oxygen atoms in total. The zero-order valence-corrected chi connectivity index (χ0v) is 11.7. The highest BCUT2D eigenvalue weighted by Crippen LogP contribution is 2.32. The predicted octanol–water partition coefficient (Wildman–Crippen LogP) is 2.46. The van der Waals surface area contributed by atoms with E-state index in [9.17, 15) is 9.59 Å². The van der Waals surface area contributed by atoms with Crippen molar-refractivity contribution in [2.24, 2.45) is 0 Å². The number of benzene rings is 2. The van der Waals surface area contributed by atoms with Crippen LogP contribution in [0.1, 0.15) is 17.6 Å². The van der Waals surface area contributed by atoms with Crippen LogP contribution in [-0.2, 0) is 4.79 Å². The van der Waals surface area contributed by atoms with E-state index in [0.717, 1.165) is 10.8 Å². The number of carbonyl (C=O) groups excluding carboxylic acids is 1. The molecule has 5 N–H and O–H groups in total. The zero-order chi connectivity index (χ0) is 15.9. The molecule has 3 aromatic rings. The average molecular weight is 297 g/mol. The largest absolute Gasteiger partial charge is 0.481 e. The van der Waals surface area contributed by atoms with Crippen LogP contribution in [0.2, 0.25) is 0 Å². The fraction of sp³-hybridized carbons (Fsp3) is 0.125. The molecule has 0 saturated heterocycles. The Morgan fingerprint density at radius 2 is 1.41 bits per heavy atom. The van der Waals surface area contributed by atoms with Gasteiger partial charge in [-0.2, -0.15) is 0 Å². The first-order valence-corrected chi connectivity index (χ1v) is 6.81. The van der Waals surface area contributed by atoms with Gasteiger partial charge in [0, 0.05) is 28.6 Å². The van der Waals surface area contributed by atoms with Gasteiger partial charge in [-0.3, -0.25) is 14.2 Å². The molecule has 0 fully saturated rings. The van der Waals surface area contributed by atoms with E-state index in [1.165, 1.54) is 4.57 Å². The molecule has 6 heteroatoms. The van der Waals surface area contributed by atoms with Crippen molar-refractivity contribution in [3.63, 3.8) is 0 Å². The fourth-order valence-electron chi connectivity index (χ4n) is 2.65. The highest BCUT2D eigenvalue weighted by molar-refractivity contribution is 6.14. The number of aliphatic carboxylic acids is 1. The number of fused-ring (bicyclic) bond motifs is 3. The van der Waals surface area contributed by atoms with Crippen LogP contribution in [0.4, 0.5) is 11.4 Å². The van der Waals surface area contributed by atoms with Crippen LogP contribution in [-0.4, -0.2) is 21.6 Å². The standard InChI is InChI=1S/C16H15N3O3/c17-9-1-3-13-11(7-9)12-8-10(18)2-4-14(12)19(13)15(20)5-6-16(21)22/h1-4,7-8H,5-6,17-18H2,(H,21,22). The maximum atomic E-state index is 12.4. The van der Waals surface area contributed by atoms with Crippen LogP contribution < -0.4 is 11.5 Å². The lowest BCUT2D eigenvalue weighted by molar-refractivity contribution is -0.136. The molecule has 0 radical (unpaired) electrons. The van der Waals surface area contributed by atoms with Crippen molar-refractivity contribution in [1.29, 1.82) is 0 Å². The molecule has 0 aliphatic rings. The molecule has 1 heterocycles. The third kappa shape index (κ3) is 2.24. The van der Waals surface area contributed by atoms with E-state index in [0.29, 0.717) is 22.4 Å². The lowest BCUT2D eigenvalue weighted by Gasteiger charge is -2.05. The summed E-state index contributed by atoms with van der Waals surface area (Å²) in [6.07, 6.45) is -0.271. The Kier molecular flexibility index (Phi) is 3.21. The molecule has 2 aromatic carbocycles. The van der Waals surface area contributed by atoms with Crippen LogP contribution >= 0.6 is 0 Å². The van der Waals surface area contributed by atoms with Gasteiger partial charge >= 0.3 is 5.97 Å².